The minimum Gasteiger partial charge on any atom is -0.204 e. The summed E-state index contributed by atoms with van der Waals surface area (Å²) in [6.45, 7) is 9.39. The second-order valence-electron chi connectivity index (χ2n) is 8.36. The molecule has 0 amide bonds. The summed E-state index contributed by atoms with van der Waals surface area (Å²) < 4.78 is 0. The Bertz CT molecular complexity index is 288. The first-order valence-electron chi connectivity index (χ1n) is 12.4. The van der Waals surface area contributed by atoms with Crippen molar-refractivity contribution in [1.82, 2.24) is 0 Å². The van der Waals surface area contributed by atoms with Gasteiger partial charge in [-0.3, -0.25) is 0 Å². The van der Waals surface area contributed by atoms with Crippen LogP contribution in [0.3, 0.4) is 0 Å². The smallest absolute Gasteiger partial charge is 0.107 e. The first kappa shape index (κ1) is 27.8. The summed E-state index contributed by atoms with van der Waals surface area (Å²) in [5.41, 5.74) is -0.235. The zero-order chi connectivity index (χ0) is 20.8. The topological polar surface area (TPSA) is 36.9 Å². The fourth-order valence-electron chi connectivity index (χ4n) is 3.60. The van der Waals surface area contributed by atoms with Crippen molar-refractivity contribution in [2.45, 2.75) is 149 Å². The zero-order valence-electron chi connectivity index (χ0n) is 19.6. The molecule has 0 unspecified atom stereocenters. The SMILES string of the molecule is CCCCCCCCCCCC(CCCC)(CCCC)OOOOCCCC. The summed E-state index contributed by atoms with van der Waals surface area (Å²) in [7, 11) is 0. The third-order valence-electron chi connectivity index (χ3n) is 5.58. The Morgan fingerprint density at radius 1 is 0.464 bits per heavy atom. The van der Waals surface area contributed by atoms with Gasteiger partial charge in [0, 0.05) is 0 Å². The molecule has 0 atom stereocenters. The van der Waals surface area contributed by atoms with Gasteiger partial charge in [-0.1, -0.05) is 118 Å². The molecule has 0 rings (SSSR count). The predicted molar refractivity (Wildman–Crippen MR) is 118 cm³/mol. The Morgan fingerprint density at radius 3 is 1.46 bits per heavy atom. The lowest BCUT2D eigenvalue weighted by molar-refractivity contribution is -0.652. The van der Waals surface area contributed by atoms with Crippen LogP contribution in [0.2, 0.25) is 0 Å². The molecule has 0 heterocycles. The standard InChI is InChI=1S/C24H50O4/c1-5-9-13-14-15-16-17-18-19-22-24(20-10-6-2,21-11-7-3)26-28-27-25-23-12-8-4/h5-23H2,1-4H3. The maximum absolute atomic E-state index is 5.84. The van der Waals surface area contributed by atoms with E-state index in [0.717, 1.165) is 44.9 Å². The third-order valence-corrected chi connectivity index (χ3v) is 5.58. The molecule has 0 N–H and O–H groups in total. The highest BCUT2D eigenvalue weighted by Gasteiger charge is 2.31. The van der Waals surface area contributed by atoms with Crippen LogP contribution in [0.15, 0.2) is 0 Å². The van der Waals surface area contributed by atoms with Crippen molar-refractivity contribution in [3.05, 3.63) is 0 Å². The van der Waals surface area contributed by atoms with Gasteiger partial charge < -0.3 is 0 Å². The van der Waals surface area contributed by atoms with Crippen molar-refractivity contribution in [3.63, 3.8) is 0 Å². The Hall–Kier alpha value is -0.160. The second kappa shape index (κ2) is 21.5. The minimum absolute atomic E-state index is 0.235. The Morgan fingerprint density at radius 2 is 0.929 bits per heavy atom. The van der Waals surface area contributed by atoms with E-state index >= 15 is 0 Å². The molecule has 0 aliphatic carbocycles. The van der Waals surface area contributed by atoms with E-state index in [1.54, 1.807) is 0 Å². The number of unbranched alkanes of at least 4 members (excludes halogenated alkanes) is 11. The molecular formula is C24H50O4. The van der Waals surface area contributed by atoms with Crippen molar-refractivity contribution in [2.75, 3.05) is 6.61 Å². The molecule has 0 aliphatic heterocycles. The fraction of sp³-hybridized carbons (Fsp3) is 1.00. The third kappa shape index (κ3) is 16.8. The molecular weight excluding hydrogens is 352 g/mol. The predicted octanol–water partition coefficient (Wildman–Crippen LogP) is 8.64. The van der Waals surface area contributed by atoms with E-state index < -0.39 is 0 Å². The van der Waals surface area contributed by atoms with E-state index in [4.69, 9.17) is 19.9 Å². The molecule has 0 radical (unpaired) electrons. The van der Waals surface area contributed by atoms with E-state index in [1.165, 1.54) is 70.6 Å². The van der Waals surface area contributed by atoms with E-state index in [2.05, 4.69) is 27.7 Å². The van der Waals surface area contributed by atoms with E-state index in [1.807, 2.05) is 0 Å². The van der Waals surface area contributed by atoms with Crippen LogP contribution in [0.25, 0.3) is 0 Å². The fourth-order valence-corrected chi connectivity index (χ4v) is 3.60. The van der Waals surface area contributed by atoms with Gasteiger partial charge in [0.1, 0.15) is 5.60 Å². The molecule has 28 heavy (non-hydrogen) atoms. The molecule has 0 aromatic heterocycles. The van der Waals surface area contributed by atoms with Gasteiger partial charge in [0.05, 0.1) is 6.61 Å². The van der Waals surface area contributed by atoms with Crippen LogP contribution in [-0.2, 0) is 19.9 Å². The largest absolute Gasteiger partial charge is 0.204 e. The summed E-state index contributed by atoms with van der Waals surface area (Å²) in [6.07, 6.45) is 21.9. The van der Waals surface area contributed by atoms with Crippen LogP contribution in [-0.4, -0.2) is 12.2 Å². The van der Waals surface area contributed by atoms with Crippen molar-refractivity contribution in [3.8, 4) is 0 Å². The lowest BCUT2D eigenvalue weighted by Crippen LogP contribution is -2.33. The maximum Gasteiger partial charge on any atom is 0.107 e. The summed E-state index contributed by atoms with van der Waals surface area (Å²) in [5, 5.41) is 9.87. The van der Waals surface area contributed by atoms with Gasteiger partial charge in [-0.25, -0.2) is 4.89 Å². The molecule has 0 saturated carbocycles. The molecule has 0 saturated heterocycles. The average Bonchev–Trinajstić information content (AvgIpc) is 2.71. The second-order valence-corrected chi connectivity index (χ2v) is 8.36. The summed E-state index contributed by atoms with van der Waals surface area (Å²) in [4.78, 5) is 10.9. The molecule has 4 heteroatoms. The molecule has 0 bridgehead atoms. The highest BCUT2D eigenvalue weighted by molar-refractivity contribution is 4.79. The molecule has 0 fully saturated rings. The molecule has 0 aromatic rings. The Balaban J connectivity index is 4.24. The van der Waals surface area contributed by atoms with Gasteiger partial charge in [0.25, 0.3) is 0 Å². The first-order valence-corrected chi connectivity index (χ1v) is 12.4. The summed E-state index contributed by atoms with van der Waals surface area (Å²) in [5.74, 6) is 0. The van der Waals surface area contributed by atoms with Crippen molar-refractivity contribution >= 4 is 0 Å². The van der Waals surface area contributed by atoms with Gasteiger partial charge in [0.15, 0.2) is 0 Å². The van der Waals surface area contributed by atoms with Gasteiger partial charge >= 0.3 is 0 Å². The summed E-state index contributed by atoms with van der Waals surface area (Å²) >= 11 is 0. The lowest BCUT2D eigenvalue weighted by atomic mass is 9.85. The molecule has 0 spiro atoms. The molecule has 0 aliphatic rings. The quantitative estimate of drug-likeness (QED) is 0.0973. The Labute approximate surface area is 175 Å². The van der Waals surface area contributed by atoms with Crippen molar-refractivity contribution in [2.24, 2.45) is 0 Å². The highest BCUT2D eigenvalue weighted by Crippen LogP contribution is 2.32. The number of rotatable bonds is 23. The van der Waals surface area contributed by atoms with E-state index in [9.17, 15) is 0 Å². The normalized spacial score (nSPS) is 12.0. The highest BCUT2D eigenvalue weighted by atomic mass is 17.7. The molecule has 170 valence electrons. The lowest BCUT2D eigenvalue weighted by Gasteiger charge is -2.31. The number of hydrogen-bond donors (Lipinski definition) is 0. The van der Waals surface area contributed by atoms with Crippen LogP contribution in [0.1, 0.15) is 143 Å². The molecule has 4 nitrogen and oxygen atoms in total. The van der Waals surface area contributed by atoms with Gasteiger partial charge in [0.2, 0.25) is 0 Å². The van der Waals surface area contributed by atoms with Crippen molar-refractivity contribution < 1.29 is 19.9 Å². The minimum atomic E-state index is -0.235. The summed E-state index contributed by atoms with van der Waals surface area (Å²) in [6, 6.07) is 0. The van der Waals surface area contributed by atoms with Gasteiger partial charge in [-0.05, 0) is 35.8 Å². The average molecular weight is 403 g/mol. The Kier molecular flexibility index (Phi) is 21.4. The molecule has 0 aromatic carbocycles. The van der Waals surface area contributed by atoms with Crippen LogP contribution < -0.4 is 0 Å². The van der Waals surface area contributed by atoms with Crippen molar-refractivity contribution in [1.29, 1.82) is 0 Å². The number of hydrogen-bond acceptors (Lipinski definition) is 4. The maximum atomic E-state index is 5.84. The van der Waals surface area contributed by atoms with Crippen LogP contribution in [0.5, 0.6) is 0 Å². The van der Waals surface area contributed by atoms with Crippen LogP contribution in [0.4, 0.5) is 0 Å². The van der Waals surface area contributed by atoms with Crippen LogP contribution >= 0.6 is 0 Å². The van der Waals surface area contributed by atoms with Crippen LogP contribution in [0, 0.1) is 0 Å². The van der Waals surface area contributed by atoms with Gasteiger partial charge in [-0.2, -0.15) is 4.89 Å². The monoisotopic (exact) mass is 402 g/mol. The van der Waals surface area contributed by atoms with E-state index in [0.29, 0.717) is 6.61 Å². The first-order chi connectivity index (χ1) is 13.7. The zero-order valence-corrected chi connectivity index (χ0v) is 19.6. The van der Waals surface area contributed by atoms with E-state index in [-0.39, 0.29) is 5.60 Å². The van der Waals surface area contributed by atoms with Gasteiger partial charge in [-0.15, -0.1) is 0 Å².